The molecular weight excluding hydrogens is 317 g/mol. The summed E-state index contributed by atoms with van der Waals surface area (Å²) in [7, 11) is 0. The van der Waals surface area contributed by atoms with Crippen LogP contribution in [0.15, 0.2) is 42.5 Å². The van der Waals surface area contributed by atoms with Crippen LogP contribution in [0.3, 0.4) is 0 Å². The number of hydrogen-bond acceptors (Lipinski definition) is 3. The van der Waals surface area contributed by atoms with Gasteiger partial charge in [0.2, 0.25) is 0 Å². The van der Waals surface area contributed by atoms with E-state index in [2.05, 4.69) is 4.90 Å². The quantitative estimate of drug-likeness (QED) is 0.824. The van der Waals surface area contributed by atoms with Gasteiger partial charge >= 0.3 is 0 Å². The fourth-order valence-corrected chi connectivity index (χ4v) is 3.85. The number of benzene rings is 2. The second-order valence-corrected chi connectivity index (χ2v) is 7.29. The number of carbonyl (C=O) groups excluding carboxylic acids is 1. The van der Waals surface area contributed by atoms with Crippen molar-refractivity contribution in [3.05, 3.63) is 65.0 Å². The molecule has 1 fully saturated rings. The standard InChI is InChI=1S/C21H22FNO2/c1-15-2-7-18-19(24)13-21(25-20(18)12-15)8-10-23(11-9-21)14-16-3-5-17(22)6-4-16/h2-7,12H,8-11,13-14H2,1H3. The van der Waals surface area contributed by atoms with E-state index in [1.54, 1.807) is 0 Å². The second kappa shape index (κ2) is 6.26. The normalized spacial score (nSPS) is 19.5. The largest absolute Gasteiger partial charge is 0.486 e. The summed E-state index contributed by atoms with van der Waals surface area (Å²) < 4.78 is 19.4. The summed E-state index contributed by atoms with van der Waals surface area (Å²) >= 11 is 0. The molecule has 2 aliphatic rings. The maximum atomic E-state index is 13.0. The van der Waals surface area contributed by atoms with Crippen LogP contribution in [0.2, 0.25) is 0 Å². The lowest BCUT2D eigenvalue weighted by atomic mass is 9.82. The third kappa shape index (κ3) is 3.31. The van der Waals surface area contributed by atoms with Crippen LogP contribution in [-0.4, -0.2) is 29.4 Å². The topological polar surface area (TPSA) is 29.5 Å². The predicted molar refractivity (Wildman–Crippen MR) is 94.4 cm³/mol. The van der Waals surface area contributed by atoms with Gasteiger partial charge in [0.25, 0.3) is 0 Å². The van der Waals surface area contributed by atoms with Crippen LogP contribution in [0, 0.1) is 12.7 Å². The summed E-state index contributed by atoms with van der Waals surface area (Å²) in [5, 5.41) is 0. The number of ketones is 1. The van der Waals surface area contributed by atoms with Crippen LogP contribution in [0.4, 0.5) is 4.39 Å². The maximum Gasteiger partial charge on any atom is 0.170 e. The number of ether oxygens (including phenoxy) is 1. The van der Waals surface area contributed by atoms with Gasteiger partial charge in [-0.25, -0.2) is 4.39 Å². The molecule has 4 rings (SSSR count). The molecule has 0 atom stereocenters. The van der Waals surface area contributed by atoms with E-state index >= 15 is 0 Å². The molecule has 0 saturated carbocycles. The number of fused-ring (bicyclic) bond motifs is 1. The Hall–Kier alpha value is -2.20. The number of rotatable bonds is 2. The van der Waals surface area contributed by atoms with E-state index < -0.39 is 0 Å². The molecule has 1 saturated heterocycles. The average Bonchev–Trinajstić information content (AvgIpc) is 2.59. The molecule has 0 N–H and O–H groups in total. The summed E-state index contributed by atoms with van der Waals surface area (Å²) in [4.78, 5) is 14.9. The SMILES string of the molecule is Cc1ccc2c(c1)OC1(CCN(Cc3ccc(F)cc3)CC1)CC2=O. The molecule has 4 heteroatoms. The summed E-state index contributed by atoms with van der Waals surface area (Å²) in [6.07, 6.45) is 2.15. The van der Waals surface area contributed by atoms with Crippen LogP contribution in [0.1, 0.15) is 40.7 Å². The minimum atomic E-state index is -0.364. The van der Waals surface area contributed by atoms with E-state index in [1.165, 1.54) is 12.1 Å². The Kier molecular flexibility index (Phi) is 4.08. The van der Waals surface area contributed by atoms with E-state index in [4.69, 9.17) is 4.74 Å². The zero-order valence-corrected chi connectivity index (χ0v) is 14.4. The summed E-state index contributed by atoms with van der Waals surface area (Å²) in [5.41, 5.74) is 2.57. The molecule has 25 heavy (non-hydrogen) atoms. The molecular formula is C21H22FNO2. The van der Waals surface area contributed by atoms with Crippen molar-refractivity contribution in [1.82, 2.24) is 4.90 Å². The van der Waals surface area contributed by atoms with Crippen molar-refractivity contribution in [3.8, 4) is 5.75 Å². The van der Waals surface area contributed by atoms with Gasteiger partial charge < -0.3 is 4.74 Å². The van der Waals surface area contributed by atoms with Crippen LogP contribution < -0.4 is 4.74 Å². The van der Waals surface area contributed by atoms with E-state index in [-0.39, 0.29) is 17.2 Å². The summed E-state index contributed by atoms with van der Waals surface area (Å²) in [6.45, 7) is 4.58. The molecule has 0 bridgehead atoms. The lowest BCUT2D eigenvalue weighted by molar-refractivity contribution is -0.0108. The smallest absolute Gasteiger partial charge is 0.170 e. The first-order valence-electron chi connectivity index (χ1n) is 8.83. The third-order valence-corrected chi connectivity index (χ3v) is 5.33. The van der Waals surface area contributed by atoms with Gasteiger partial charge in [0.15, 0.2) is 5.78 Å². The van der Waals surface area contributed by atoms with Crippen molar-refractivity contribution < 1.29 is 13.9 Å². The molecule has 1 spiro atoms. The highest BCUT2D eigenvalue weighted by Crippen LogP contribution is 2.39. The first-order chi connectivity index (χ1) is 12.0. The van der Waals surface area contributed by atoms with Crippen molar-refractivity contribution in [3.63, 3.8) is 0 Å². The van der Waals surface area contributed by atoms with Gasteiger partial charge in [-0.3, -0.25) is 9.69 Å². The second-order valence-electron chi connectivity index (χ2n) is 7.29. The van der Waals surface area contributed by atoms with Gasteiger partial charge in [0.05, 0.1) is 12.0 Å². The minimum Gasteiger partial charge on any atom is -0.486 e. The summed E-state index contributed by atoms with van der Waals surface area (Å²) in [5.74, 6) is 0.723. The van der Waals surface area contributed by atoms with Gasteiger partial charge in [-0.1, -0.05) is 18.2 Å². The van der Waals surface area contributed by atoms with Crippen molar-refractivity contribution in [2.24, 2.45) is 0 Å². The van der Waals surface area contributed by atoms with Crippen LogP contribution in [0.5, 0.6) is 5.75 Å². The highest BCUT2D eigenvalue weighted by atomic mass is 19.1. The average molecular weight is 339 g/mol. The molecule has 0 amide bonds. The van der Waals surface area contributed by atoms with E-state index in [1.807, 2.05) is 37.3 Å². The van der Waals surface area contributed by atoms with Crippen molar-refractivity contribution in [1.29, 1.82) is 0 Å². The van der Waals surface area contributed by atoms with E-state index in [0.717, 1.165) is 49.4 Å². The Bertz CT molecular complexity index is 792. The Morgan fingerprint density at radius 2 is 1.84 bits per heavy atom. The highest BCUT2D eigenvalue weighted by molar-refractivity contribution is 6.00. The molecule has 2 aromatic rings. The van der Waals surface area contributed by atoms with Crippen LogP contribution >= 0.6 is 0 Å². The fourth-order valence-electron chi connectivity index (χ4n) is 3.85. The number of piperidine rings is 1. The zero-order chi connectivity index (χ0) is 17.4. The zero-order valence-electron chi connectivity index (χ0n) is 14.4. The van der Waals surface area contributed by atoms with Crippen LogP contribution in [0.25, 0.3) is 0 Å². The predicted octanol–water partition coefficient (Wildman–Crippen LogP) is 4.13. The summed E-state index contributed by atoms with van der Waals surface area (Å²) in [6, 6.07) is 12.5. The molecule has 2 heterocycles. The molecule has 2 aliphatic heterocycles. The van der Waals surface area contributed by atoms with Gasteiger partial charge in [-0.15, -0.1) is 0 Å². The van der Waals surface area contributed by atoms with Crippen molar-refractivity contribution in [2.45, 2.75) is 38.3 Å². The number of aryl methyl sites for hydroxylation is 1. The van der Waals surface area contributed by atoms with E-state index in [0.29, 0.717) is 12.0 Å². The molecule has 2 aromatic carbocycles. The Morgan fingerprint density at radius 3 is 2.56 bits per heavy atom. The molecule has 0 unspecified atom stereocenters. The molecule has 0 radical (unpaired) electrons. The molecule has 0 aliphatic carbocycles. The van der Waals surface area contributed by atoms with Gasteiger partial charge in [0.1, 0.15) is 17.2 Å². The Labute approximate surface area is 147 Å². The minimum absolute atomic E-state index is 0.188. The lowest BCUT2D eigenvalue weighted by Gasteiger charge is -2.44. The maximum absolute atomic E-state index is 13.0. The number of hydrogen-bond donors (Lipinski definition) is 0. The number of nitrogens with zero attached hydrogens (tertiary/aromatic N) is 1. The molecule has 0 aromatic heterocycles. The lowest BCUT2D eigenvalue weighted by Crippen LogP contribution is -2.50. The van der Waals surface area contributed by atoms with E-state index in [9.17, 15) is 9.18 Å². The monoisotopic (exact) mass is 339 g/mol. The van der Waals surface area contributed by atoms with Crippen molar-refractivity contribution in [2.75, 3.05) is 13.1 Å². The van der Waals surface area contributed by atoms with Gasteiger partial charge in [0, 0.05) is 32.5 Å². The Balaban J connectivity index is 1.44. The number of halogens is 1. The first kappa shape index (κ1) is 16.3. The van der Waals surface area contributed by atoms with Crippen LogP contribution in [-0.2, 0) is 6.54 Å². The van der Waals surface area contributed by atoms with Crippen molar-refractivity contribution >= 4 is 5.78 Å². The van der Waals surface area contributed by atoms with Gasteiger partial charge in [-0.05, 0) is 42.3 Å². The Morgan fingerprint density at radius 1 is 1.12 bits per heavy atom. The first-order valence-corrected chi connectivity index (χ1v) is 8.83. The number of Topliss-reactive ketones (excluding diaryl/α,β-unsaturated/α-hetero) is 1. The number of likely N-dealkylation sites (tertiary alicyclic amines) is 1. The van der Waals surface area contributed by atoms with Gasteiger partial charge in [-0.2, -0.15) is 0 Å². The molecule has 3 nitrogen and oxygen atoms in total. The molecule has 130 valence electrons. The third-order valence-electron chi connectivity index (χ3n) is 5.33. The highest BCUT2D eigenvalue weighted by Gasteiger charge is 2.42. The fraction of sp³-hybridized carbons (Fsp3) is 0.381. The number of carbonyl (C=O) groups is 1.